The maximum absolute atomic E-state index is 12.4. The SMILES string of the molecule is CN(C)C(=O)c1cccc(NC2=NS(=O)(=O)N=C2NC(c2cc3cc(Cl)ccc3o2)C(C)(C)C)c1O. The Morgan fingerprint density at radius 2 is 1.81 bits per heavy atom. The maximum atomic E-state index is 12.4. The number of hydrogen-bond acceptors (Lipinski definition) is 7. The number of carbonyl (C=O) groups is 1. The van der Waals surface area contributed by atoms with Gasteiger partial charge < -0.3 is 25.1 Å². The van der Waals surface area contributed by atoms with E-state index in [4.69, 9.17) is 16.0 Å². The molecule has 1 amide bonds. The highest BCUT2D eigenvalue weighted by atomic mass is 35.5. The summed E-state index contributed by atoms with van der Waals surface area (Å²) in [5, 5.41) is 18.0. The molecule has 10 nitrogen and oxygen atoms in total. The van der Waals surface area contributed by atoms with Gasteiger partial charge in [-0.1, -0.05) is 38.4 Å². The van der Waals surface area contributed by atoms with E-state index in [-0.39, 0.29) is 28.7 Å². The van der Waals surface area contributed by atoms with Crippen molar-refractivity contribution in [1.82, 2.24) is 10.2 Å². The summed E-state index contributed by atoms with van der Waals surface area (Å²) in [5.74, 6) is -0.399. The summed E-state index contributed by atoms with van der Waals surface area (Å²) in [6, 6.07) is 11.1. The third-order valence-corrected chi connectivity index (χ3v) is 6.55. The number of aromatic hydroxyl groups is 1. The molecule has 1 aromatic heterocycles. The molecule has 0 radical (unpaired) electrons. The topological polar surface area (TPSA) is 137 Å². The van der Waals surface area contributed by atoms with E-state index in [2.05, 4.69) is 19.4 Å². The normalized spacial score (nSPS) is 15.8. The van der Waals surface area contributed by atoms with Gasteiger partial charge in [0.2, 0.25) is 0 Å². The summed E-state index contributed by atoms with van der Waals surface area (Å²) < 4.78 is 38.1. The van der Waals surface area contributed by atoms with Crippen LogP contribution in [0.1, 0.15) is 42.9 Å². The largest absolute Gasteiger partial charge is 0.505 e. The maximum Gasteiger partial charge on any atom is 0.367 e. The van der Waals surface area contributed by atoms with Crippen molar-refractivity contribution in [2.45, 2.75) is 26.8 Å². The van der Waals surface area contributed by atoms with Crippen LogP contribution in [0.2, 0.25) is 5.02 Å². The first-order valence-electron chi connectivity index (χ1n) is 11.0. The first kappa shape index (κ1) is 25.5. The van der Waals surface area contributed by atoms with Crippen LogP contribution in [-0.2, 0) is 10.2 Å². The molecule has 1 unspecified atom stereocenters. The van der Waals surface area contributed by atoms with Gasteiger partial charge in [0.25, 0.3) is 5.91 Å². The lowest BCUT2D eigenvalue weighted by atomic mass is 9.85. The Bertz CT molecular complexity index is 1520. The molecule has 0 fully saturated rings. The number of rotatable bonds is 4. The first-order valence-corrected chi connectivity index (χ1v) is 12.7. The molecular formula is C24H26ClN5O5S. The van der Waals surface area contributed by atoms with Crippen LogP contribution in [-0.4, -0.2) is 50.1 Å². The molecule has 1 aliphatic heterocycles. The van der Waals surface area contributed by atoms with Gasteiger partial charge in [-0.25, -0.2) is 0 Å². The standard InChI is InChI=1S/C24H26ClN5O5S/c1-24(2,3)20(18-12-13-11-14(25)9-10-17(13)35-18)27-22-21(28-36(33,34)29-22)26-16-8-6-7-15(19(16)31)23(32)30(4)5/h6-12,20,31H,1-5H3,(H,26,28)(H,27,29). The molecule has 36 heavy (non-hydrogen) atoms. The molecular weight excluding hydrogens is 506 g/mol. The number of nitrogens with zero attached hydrogens (tertiary/aromatic N) is 3. The first-order chi connectivity index (χ1) is 16.7. The summed E-state index contributed by atoms with van der Waals surface area (Å²) >= 11 is 6.11. The molecule has 0 bridgehead atoms. The number of benzene rings is 2. The number of fused-ring (bicyclic) bond motifs is 1. The Morgan fingerprint density at radius 3 is 2.47 bits per heavy atom. The fraction of sp³-hybridized carbons (Fsp3) is 0.292. The number of furan rings is 1. The molecule has 0 aliphatic carbocycles. The van der Waals surface area contributed by atoms with Gasteiger partial charge in [-0.15, -0.1) is 8.80 Å². The second kappa shape index (κ2) is 9.14. The molecule has 0 saturated carbocycles. The summed E-state index contributed by atoms with van der Waals surface area (Å²) in [7, 11) is -1.06. The van der Waals surface area contributed by atoms with Crippen LogP contribution in [0.5, 0.6) is 5.75 Å². The highest BCUT2D eigenvalue weighted by Crippen LogP contribution is 2.37. The lowest BCUT2D eigenvalue weighted by molar-refractivity contribution is 0.0824. The monoisotopic (exact) mass is 531 g/mol. The van der Waals surface area contributed by atoms with Gasteiger partial charge in [0.15, 0.2) is 17.4 Å². The second-order valence-corrected chi connectivity index (χ2v) is 11.3. The van der Waals surface area contributed by atoms with Crippen LogP contribution >= 0.6 is 11.6 Å². The van der Waals surface area contributed by atoms with Gasteiger partial charge in [0.1, 0.15) is 11.3 Å². The number of anilines is 1. The number of phenols is 1. The Morgan fingerprint density at radius 1 is 1.11 bits per heavy atom. The van der Waals surface area contributed by atoms with E-state index in [1.807, 2.05) is 26.8 Å². The number of para-hydroxylation sites is 1. The fourth-order valence-electron chi connectivity index (χ4n) is 3.73. The molecule has 2 heterocycles. The predicted octanol–water partition coefficient (Wildman–Crippen LogP) is 4.34. The number of nitrogens with one attached hydrogen (secondary N) is 2. The molecule has 2 aromatic carbocycles. The number of hydrogen-bond donors (Lipinski definition) is 3. The molecule has 3 N–H and O–H groups in total. The zero-order valence-corrected chi connectivity index (χ0v) is 21.9. The van der Waals surface area contributed by atoms with Gasteiger partial charge in [-0.05, 0) is 41.8 Å². The van der Waals surface area contributed by atoms with Gasteiger partial charge in [0, 0.05) is 24.5 Å². The van der Waals surface area contributed by atoms with Gasteiger partial charge in [-0.2, -0.15) is 8.42 Å². The van der Waals surface area contributed by atoms with E-state index in [0.717, 1.165) is 5.39 Å². The average Bonchev–Trinajstić information content (AvgIpc) is 3.30. The molecule has 1 aliphatic rings. The van der Waals surface area contributed by atoms with Crippen molar-refractivity contribution in [1.29, 1.82) is 0 Å². The van der Waals surface area contributed by atoms with E-state index >= 15 is 0 Å². The quantitative estimate of drug-likeness (QED) is 0.426. The zero-order valence-electron chi connectivity index (χ0n) is 20.3. The van der Waals surface area contributed by atoms with Crippen molar-refractivity contribution in [2.75, 3.05) is 19.4 Å². The molecule has 4 rings (SSSR count). The van der Waals surface area contributed by atoms with E-state index in [1.165, 1.54) is 17.0 Å². The Labute approximate surface area is 213 Å². The number of carbonyl (C=O) groups excluding carboxylic acids is 1. The van der Waals surface area contributed by atoms with Crippen LogP contribution < -0.4 is 10.6 Å². The molecule has 190 valence electrons. The smallest absolute Gasteiger partial charge is 0.367 e. The second-order valence-electron chi connectivity index (χ2n) is 9.63. The van der Waals surface area contributed by atoms with Crippen LogP contribution in [0.3, 0.4) is 0 Å². The number of amides is 1. The van der Waals surface area contributed by atoms with E-state index in [0.29, 0.717) is 16.4 Å². The van der Waals surface area contributed by atoms with Gasteiger partial charge >= 0.3 is 10.2 Å². The molecule has 0 spiro atoms. The Balaban J connectivity index is 1.69. The van der Waals surface area contributed by atoms with Crippen molar-refractivity contribution in [3.05, 3.63) is 58.8 Å². The van der Waals surface area contributed by atoms with Crippen LogP contribution in [0.4, 0.5) is 5.69 Å². The van der Waals surface area contributed by atoms with Crippen LogP contribution in [0, 0.1) is 5.41 Å². The fourth-order valence-corrected chi connectivity index (χ4v) is 4.68. The van der Waals surface area contributed by atoms with Crippen molar-refractivity contribution in [3.8, 4) is 5.75 Å². The Kier molecular flexibility index (Phi) is 6.48. The van der Waals surface area contributed by atoms with E-state index in [1.54, 1.807) is 38.4 Å². The van der Waals surface area contributed by atoms with Crippen molar-refractivity contribution >= 4 is 56.0 Å². The van der Waals surface area contributed by atoms with Crippen molar-refractivity contribution in [3.63, 3.8) is 0 Å². The van der Waals surface area contributed by atoms with Gasteiger partial charge in [0.05, 0.1) is 17.3 Å². The highest BCUT2D eigenvalue weighted by molar-refractivity contribution is 7.89. The number of halogens is 1. The van der Waals surface area contributed by atoms with E-state index < -0.39 is 27.6 Å². The zero-order chi connectivity index (χ0) is 26.4. The number of phenolic OH excluding ortho intramolecular Hbond substituents is 1. The van der Waals surface area contributed by atoms with Crippen LogP contribution in [0.25, 0.3) is 11.0 Å². The lowest BCUT2D eigenvalue weighted by Crippen LogP contribution is -2.41. The predicted molar refractivity (Wildman–Crippen MR) is 140 cm³/mol. The third-order valence-electron chi connectivity index (χ3n) is 5.49. The molecule has 12 heteroatoms. The van der Waals surface area contributed by atoms with Crippen molar-refractivity contribution < 1.29 is 22.7 Å². The highest BCUT2D eigenvalue weighted by Gasteiger charge is 2.34. The summed E-state index contributed by atoms with van der Waals surface area (Å²) in [6.07, 6.45) is 0. The minimum absolute atomic E-state index is 0.0476. The Hall–Kier alpha value is -3.57. The van der Waals surface area contributed by atoms with E-state index in [9.17, 15) is 18.3 Å². The molecule has 1 atom stereocenters. The minimum Gasteiger partial charge on any atom is -0.505 e. The number of amidine groups is 2. The summed E-state index contributed by atoms with van der Waals surface area (Å²) in [4.78, 5) is 13.7. The van der Waals surface area contributed by atoms with Gasteiger partial charge in [-0.3, -0.25) is 4.79 Å². The summed E-state index contributed by atoms with van der Waals surface area (Å²) in [5.41, 5.74) is 0.327. The molecule has 3 aromatic rings. The molecule has 0 saturated heterocycles. The third kappa shape index (κ3) is 5.17. The lowest BCUT2D eigenvalue weighted by Gasteiger charge is -2.30. The summed E-state index contributed by atoms with van der Waals surface area (Å²) in [6.45, 7) is 5.88. The minimum atomic E-state index is -4.17. The van der Waals surface area contributed by atoms with Crippen LogP contribution in [0.15, 0.2) is 55.7 Å². The van der Waals surface area contributed by atoms with Crippen molar-refractivity contribution in [2.24, 2.45) is 14.2 Å². The average molecular weight is 532 g/mol.